The van der Waals surface area contributed by atoms with Crippen LogP contribution in [0.4, 0.5) is 0 Å². The average molecular weight is 311 g/mol. The number of ether oxygens (including phenoxy) is 1. The van der Waals surface area contributed by atoms with Gasteiger partial charge in [-0.05, 0) is 37.5 Å². The van der Waals surface area contributed by atoms with Gasteiger partial charge in [-0.15, -0.1) is 0 Å². The zero-order valence-electron chi connectivity index (χ0n) is 12.2. The lowest BCUT2D eigenvalue weighted by atomic mass is 9.95. The molecule has 21 heavy (non-hydrogen) atoms. The highest BCUT2D eigenvalue weighted by Crippen LogP contribution is 2.32. The fourth-order valence-electron chi connectivity index (χ4n) is 2.83. The van der Waals surface area contributed by atoms with Crippen LogP contribution >= 0.6 is 11.6 Å². The SMILES string of the molecule is COCC1(C(N)=O)CCCN1C(=O)c1ccc(C)cc1Cl. The summed E-state index contributed by atoms with van der Waals surface area (Å²) < 4.78 is 5.13. The van der Waals surface area contributed by atoms with Crippen molar-refractivity contribution >= 4 is 23.4 Å². The van der Waals surface area contributed by atoms with E-state index in [0.717, 1.165) is 5.56 Å². The van der Waals surface area contributed by atoms with Crippen molar-refractivity contribution in [2.45, 2.75) is 25.3 Å². The first-order chi connectivity index (χ1) is 9.92. The van der Waals surface area contributed by atoms with Gasteiger partial charge in [-0.25, -0.2) is 0 Å². The van der Waals surface area contributed by atoms with Crippen molar-refractivity contribution in [2.24, 2.45) is 5.73 Å². The van der Waals surface area contributed by atoms with Crippen LogP contribution in [0.25, 0.3) is 0 Å². The Morgan fingerprint density at radius 1 is 1.48 bits per heavy atom. The molecule has 2 amide bonds. The Bertz CT molecular complexity index is 576. The second-order valence-corrected chi connectivity index (χ2v) is 5.78. The molecule has 0 saturated carbocycles. The number of primary amides is 1. The number of carbonyl (C=O) groups is 2. The summed E-state index contributed by atoms with van der Waals surface area (Å²) in [5.41, 5.74) is 5.81. The zero-order chi connectivity index (χ0) is 15.6. The third kappa shape index (κ3) is 2.76. The molecule has 0 spiro atoms. The van der Waals surface area contributed by atoms with Crippen LogP contribution in [-0.4, -0.2) is 42.5 Å². The fraction of sp³-hybridized carbons (Fsp3) is 0.467. The molecule has 1 aromatic rings. The van der Waals surface area contributed by atoms with E-state index in [2.05, 4.69) is 0 Å². The average Bonchev–Trinajstić information content (AvgIpc) is 2.83. The molecule has 1 heterocycles. The van der Waals surface area contributed by atoms with Gasteiger partial charge in [0.05, 0.1) is 17.2 Å². The van der Waals surface area contributed by atoms with Crippen molar-refractivity contribution in [3.8, 4) is 0 Å². The number of halogens is 1. The molecule has 1 aliphatic heterocycles. The van der Waals surface area contributed by atoms with Crippen LogP contribution in [0.2, 0.25) is 5.02 Å². The van der Waals surface area contributed by atoms with Crippen LogP contribution in [0.5, 0.6) is 0 Å². The Morgan fingerprint density at radius 2 is 2.19 bits per heavy atom. The summed E-state index contributed by atoms with van der Waals surface area (Å²) in [7, 11) is 1.49. The fourth-order valence-corrected chi connectivity index (χ4v) is 3.15. The maximum absolute atomic E-state index is 12.8. The smallest absolute Gasteiger partial charge is 0.256 e. The van der Waals surface area contributed by atoms with E-state index in [-0.39, 0.29) is 12.5 Å². The summed E-state index contributed by atoms with van der Waals surface area (Å²) in [6.07, 6.45) is 1.22. The lowest BCUT2D eigenvalue weighted by Crippen LogP contribution is -2.58. The lowest BCUT2D eigenvalue weighted by Gasteiger charge is -2.35. The third-order valence-corrected chi connectivity index (χ3v) is 4.24. The second-order valence-electron chi connectivity index (χ2n) is 5.37. The number of aryl methyl sites for hydroxylation is 1. The van der Waals surface area contributed by atoms with Crippen LogP contribution in [0.1, 0.15) is 28.8 Å². The van der Waals surface area contributed by atoms with E-state index in [4.69, 9.17) is 22.1 Å². The maximum atomic E-state index is 12.8. The molecule has 1 fully saturated rings. The van der Waals surface area contributed by atoms with Crippen LogP contribution in [-0.2, 0) is 9.53 Å². The summed E-state index contributed by atoms with van der Waals surface area (Å²) in [6, 6.07) is 5.22. The first kappa shape index (κ1) is 15.8. The summed E-state index contributed by atoms with van der Waals surface area (Å²) in [4.78, 5) is 26.2. The predicted molar refractivity (Wildman–Crippen MR) is 80.3 cm³/mol. The van der Waals surface area contributed by atoms with Gasteiger partial charge in [0, 0.05) is 13.7 Å². The highest BCUT2D eigenvalue weighted by Gasteiger charge is 2.49. The number of amides is 2. The van der Waals surface area contributed by atoms with Gasteiger partial charge in [0.2, 0.25) is 5.91 Å². The molecule has 0 aromatic heterocycles. The van der Waals surface area contributed by atoms with Gasteiger partial charge in [-0.1, -0.05) is 17.7 Å². The minimum absolute atomic E-state index is 0.0948. The summed E-state index contributed by atoms with van der Waals surface area (Å²) in [5, 5.41) is 0.377. The molecule has 2 rings (SSSR count). The molecular weight excluding hydrogens is 292 g/mol. The molecule has 1 atom stereocenters. The van der Waals surface area contributed by atoms with E-state index in [1.807, 2.05) is 13.0 Å². The van der Waals surface area contributed by atoms with E-state index in [0.29, 0.717) is 30.0 Å². The Balaban J connectivity index is 2.39. The topological polar surface area (TPSA) is 72.6 Å². The molecule has 0 aliphatic carbocycles. The number of nitrogens with two attached hydrogens (primary N) is 1. The van der Waals surface area contributed by atoms with Gasteiger partial charge in [0.1, 0.15) is 5.54 Å². The molecule has 0 bridgehead atoms. The minimum atomic E-state index is -1.08. The van der Waals surface area contributed by atoms with Gasteiger partial charge in [0.15, 0.2) is 0 Å². The number of benzene rings is 1. The lowest BCUT2D eigenvalue weighted by molar-refractivity contribution is -0.130. The number of hydrogen-bond donors (Lipinski definition) is 1. The van der Waals surface area contributed by atoms with Crippen LogP contribution < -0.4 is 5.73 Å². The molecule has 114 valence electrons. The van der Waals surface area contributed by atoms with Crippen molar-refractivity contribution in [1.29, 1.82) is 0 Å². The number of likely N-dealkylation sites (tertiary alicyclic amines) is 1. The quantitative estimate of drug-likeness (QED) is 0.921. The van der Waals surface area contributed by atoms with E-state index < -0.39 is 11.4 Å². The van der Waals surface area contributed by atoms with Crippen molar-refractivity contribution in [2.75, 3.05) is 20.3 Å². The number of hydrogen-bond acceptors (Lipinski definition) is 3. The Labute approximate surface area is 129 Å². The van der Waals surface area contributed by atoms with Crippen molar-refractivity contribution in [3.63, 3.8) is 0 Å². The van der Waals surface area contributed by atoms with E-state index in [9.17, 15) is 9.59 Å². The largest absolute Gasteiger partial charge is 0.382 e. The van der Waals surface area contributed by atoms with Crippen molar-refractivity contribution < 1.29 is 14.3 Å². The van der Waals surface area contributed by atoms with E-state index in [1.54, 1.807) is 12.1 Å². The predicted octanol–water partition coefficient (Wildman–Crippen LogP) is 1.75. The monoisotopic (exact) mass is 310 g/mol. The number of nitrogens with zero attached hydrogens (tertiary/aromatic N) is 1. The molecule has 1 unspecified atom stereocenters. The maximum Gasteiger partial charge on any atom is 0.256 e. The normalized spacial score (nSPS) is 21.6. The number of carbonyl (C=O) groups excluding carboxylic acids is 2. The van der Waals surface area contributed by atoms with Gasteiger partial charge in [-0.3, -0.25) is 9.59 Å². The molecule has 1 saturated heterocycles. The van der Waals surface area contributed by atoms with Gasteiger partial charge in [-0.2, -0.15) is 0 Å². The second kappa shape index (κ2) is 6.03. The Kier molecular flexibility index (Phi) is 4.54. The van der Waals surface area contributed by atoms with E-state index in [1.165, 1.54) is 12.0 Å². The van der Waals surface area contributed by atoms with Crippen LogP contribution in [0.3, 0.4) is 0 Å². The third-order valence-electron chi connectivity index (χ3n) is 3.93. The standard InChI is InChI=1S/C15H19ClN2O3/c1-10-4-5-11(12(16)8-10)13(19)18-7-3-6-15(18,9-21-2)14(17)20/h4-5,8H,3,6-7,9H2,1-2H3,(H2,17,20). The molecule has 1 aromatic carbocycles. The van der Waals surface area contributed by atoms with Crippen LogP contribution in [0.15, 0.2) is 18.2 Å². The summed E-state index contributed by atoms with van der Waals surface area (Å²) >= 11 is 6.16. The van der Waals surface area contributed by atoms with Crippen LogP contribution in [0, 0.1) is 6.92 Å². The highest BCUT2D eigenvalue weighted by molar-refractivity contribution is 6.34. The number of rotatable bonds is 4. The molecule has 6 heteroatoms. The zero-order valence-corrected chi connectivity index (χ0v) is 12.9. The minimum Gasteiger partial charge on any atom is -0.382 e. The molecule has 0 radical (unpaired) electrons. The van der Waals surface area contributed by atoms with Gasteiger partial charge >= 0.3 is 0 Å². The molecule has 1 aliphatic rings. The molecule has 5 nitrogen and oxygen atoms in total. The van der Waals surface area contributed by atoms with Crippen molar-refractivity contribution in [1.82, 2.24) is 4.90 Å². The summed E-state index contributed by atoms with van der Waals surface area (Å²) in [5.74, 6) is -0.827. The Hall–Kier alpha value is -1.59. The summed E-state index contributed by atoms with van der Waals surface area (Å²) in [6.45, 7) is 2.46. The van der Waals surface area contributed by atoms with Gasteiger partial charge < -0.3 is 15.4 Å². The number of methoxy groups -OCH3 is 1. The first-order valence-electron chi connectivity index (χ1n) is 6.79. The Morgan fingerprint density at radius 3 is 2.76 bits per heavy atom. The molecular formula is C15H19ClN2O3. The molecule has 2 N–H and O–H groups in total. The van der Waals surface area contributed by atoms with Gasteiger partial charge in [0.25, 0.3) is 5.91 Å². The van der Waals surface area contributed by atoms with E-state index >= 15 is 0 Å². The highest BCUT2D eigenvalue weighted by atomic mass is 35.5. The first-order valence-corrected chi connectivity index (χ1v) is 7.17. The van der Waals surface area contributed by atoms with Crippen molar-refractivity contribution in [3.05, 3.63) is 34.3 Å².